The molecule has 0 amide bonds. The van der Waals surface area contributed by atoms with Crippen LogP contribution < -0.4 is 5.32 Å². The summed E-state index contributed by atoms with van der Waals surface area (Å²) in [5.41, 5.74) is 3.74. The highest BCUT2D eigenvalue weighted by atomic mass is 14.8. The van der Waals surface area contributed by atoms with Gasteiger partial charge in [0.1, 0.15) is 0 Å². The van der Waals surface area contributed by atoms with Gasteiger partial charge in [-0.2, -0.15) is 0 Å². The van der Waals surface area contributed by atoms with Crippen molar-refractivity contribution in [1.29, 1.82) is 0 Å². The number of rotatable bonds is 6. The van der Waals surface area contributed by atoms with Gasteiger partial charge in [-0.3, -0.25) is 4.98 Å². The molecular formula is C17H22N2. The predicted octanol–water partition coefficient (Wildman–Crippen LogP) is 3.67. The van der Waals surface area contributed by atoms with Gasteiger partial charge < -0.3 is 5.32 Å². The predicted molar refractivity (Wildman–Crippen MR) is 80.2 cm³/mol. The van der Waals surface area contributed by atoms with E-state index in [0.717, 1.165) is 25.2 Å². The summed E-state index contributed by atoms with van der Waals surface area (Å²) in [5, 5.41) is 3.48. The number of benzene rings is 1. The second kappa shape index (κ2) is 7.05. The first-order valence-corrected chi connectivity index (χ1v) is 6.93. The van der Waals surface area contributed by atoms with Crippen LogP contribution in [0.15, 0.2) is 48.7 Å². The summed E-state index contributed by atoms with van der Waals surface area (Å²) in [4.78, 5) is 4.30. The summed E-state index contributed by atoms with van der Waals surface area (Å²) < 4.78 is 0. The van der Waals surface area contributed by atoms with E-state index in [1.807, 2.05) is 13.1 Å². The average Bonchev–Trinajstić information content (AvgIpc) is 2.46. The van der Waals surface area contributed by atoms with Crippen molar-refractivity contribution in [2.45, 2.75) is 32.7 Å². The first-order chi connectivity index (χ1) is 9.25. The van der Waals surface area contributed by atoms with Gasteiger partial charge in [-0.25, -0.2) is 0 Å². The smallest absolute Gasteiger partial charge is 0.0372 e. The molecule has 0 bridgehead atoms. The number of hydrogen-bond donors (Lipinski definition) is 1. The van der Waals surface area contributed by atoms with E-state index in [-0.39, 0.29) is 0 Å². The van der Waals surface area contributed by atoms with Crippen molar-refractivity contribution >= 4 is 0 Å². The van der Waals surface area contributed by atoms with E-state index in [1.54, 1.807) is 0 Å². The van der Waals surface area contributed by atoms with Crippen LogP contribution in [-0.4, -0.2) is 11.5 Å². The Morgan fingerprint density at radius 1 is 1.11 bits per heavy atom. The molecule has 1 aromatic carbocycles. The van der Waals surface area contributed by atoms with Crippen LogP contribution in [0.4, 0.5) is 0 Å². The summed E-state index contributed by atoms with van der Waals surface area (Å²) in [6, 6.07) is 14.9. The average molecular weight is 254 g/mol. The maximum Gasteiger partial charge on any atom is 0.0372 e. The number of nitrogens with zero attached hydrogens (tertiary/aromatic N) is 1. The van der Waals surface area contributed by atoms with Gasteiger partial charge in [0, 0.05) is 18.4 Å². The minimum Gasteiger partial charge on any atom is -0.313 e. The monoisotopic (exact) mass is 254 g/mol. The molecule has 0 aliphatic rings. The molecule has 19 heavy (non-hydrogen) atoms. The Bertz CT molecular complexity index is 476. The Hall–Kier alpha value is -1.67. The van der Waals surface area contributed by atoms with E-state index in [1.165, 1.54) is 11.1 Å². The van der Waals surface area contributed by atoms with Crippen LogP contribution in [0.1, 0.15) is 36.1 Å². The molecule has 2 rings (SSSR count). The largest absolute Gasteiger partial charge is 0.313 e. The Kier molecular flexibility index (Phi) is 5.10. The molecule has 0 aliphatic carbocycles. The molecule has 2 aromatic rings. The fourth-order valence-electron chi connectivity index (χ4n) is 2.10. The van der Waals surface area contributed by atoms with Gasteiger partial charge in [-0.15, -0.1) is 0 Å². The minimum absolute atomic E-state index is 0.602. The quantitative estimate of drug-likeness (QED) is 0.796. The van der Waals surface area contributed by atoms with Crippen LogP contribution in [0.2, 0.25) is 0 Å². The fraction of sp³-hybridized carbons (Fsp3) is 0.353. The van der Waals surface area contributed by atoms with Crippen LogP contribution >= 0.6 is 0 Å². The molecule has 0 aliphatic heterocycles. The Balaban J connectivity index is 1.71. The number of aromatic nitrogens is 1. The van der Waals surface area contributed by atoms with Crippen LogP contribution in [0, 0.1) is 6.92 Å². The third-order valence-corrected chi connectivity index (χ3v) is 3.42. The van der Waals surface area contributed by atoms with Gasteiger partial charge in [0.25, 0.3) is 0 Å². The van der Waals surface area contributed by atoms with Gasteiger partial charge in [0.05, 0.1) is 0 Å². The zero-order chi connectivity index (χ0) is 13.5. The van der Waals surface area contributed by atoms with E-state index in [4.69, 9.17) is 0 Å². The maximum absolute atomic E-state index is 4.30. The molecule has 1 N–H and O–H groups in total. The summed E-state index contributed by atoms with van der Waals surface area (Å²) in [7, 11) is 0. The van der Waals surface area contributed by atoms with E-state index in [0.29, 0.717) is 5.92 Å². The summed E-state index contributed by atoms with van der Waals surface area (Å²) in [5.74, 6) is 0.602. The molecule has 1 atom stereocenters. The first-order valence-electron chi connectivity index (χ1n) is 6.93. The molecule has 1 unspecified atom stereocenters. The van der Waals surface area contributed by atoms with Gasteiger partial charge >= 0.3 is 0 Å². The fourth-order valence-corrected chi connectivity index (χ4v) is 2.10. The summed E-state index contributed by atoms with van der Waals surface area (Å²) >= 11 is 0. The van der Waals surface area contributed by atoms with Crippen molar-refractivity contribution in [2.24, 2.45) is 0 Å². The second-order valence-corrected chi connectivity index (χ2v) is 5.09. The Morgan fingerprint density at radius 2 is 1.89 bits per heavy atom. The van der Waals surface area contributed by atoms with Crippen LogP contribution in [0.25, 0.3) is 0 Å². The molecule has 2 nitrogen and oxygen atoms in total. The third-order valence-electron chi connectivity index (χ3n) is 3.42. The van der Waals surface area contributed by atoms with Crippen molar-refractivity contribution in [3.8, 4) is 0 Å². The topological polar surface area (TPSA) is 24.9 Å². The van der Waals surface area contributed by atoms with Crippen LogP contribution in [0.5, 0.6) is 0 Å². The van der Waals surface area contributed by atoms with Gasteiger partial charge in [-0.1, -0.05) is 43.3 Å². The molecule has 0 saturated heterocycles. The van der Waals surface area contributed by atoms with Crippen molar-refractivity contribution in [2.75, 3.05) is 6.54 Å². The molecule has 100 valence electrons. The molecule has 2 heteroatoms. The minimum atomic E-state index is 0.602. The van der Waals surface area contributed by atoms with Crippen molar-refractivity contribution in [3.05, 3.63) is 65.5 Å². The van der Waals surface area contributed by atoms with E-state index < -0.39 is 0 Å². The molecule has 1 aromatic heterocycles. The lowest BCUT2D eigenvalue weighted by Crippen LogP contribution is -2.16. The van der Waals surface area contributed by atoms with E-state index >= 15 is 0 Å². The zero-order valence-corrected chi connectivity index (χ0v) is 11.8. The second-order valence-electron chi connectivity index (χ2n) is 5.09. The molecular weight excluding hydrogens is 232 g/mol. The highest BCUT2D eigenvalue weighted by molar-refractivity contribution is 5.18. The highest BCUT2D eigenvalue weighted by Gasteiger charge is 2.03. The molecule has 1 heterocycles. The van der Waals surface area contributed by atoms with Crippen molar-refractivity contribution in [3.63, 3.8) is 0 Å². The lowest BCUT2D eigenvalue weighted by molar-refractivity contribution is 0.593. The first kappa shape index (κ1) is 13.8. The van der Waals surface area contributed by atoms with Gasteiger partial charge in [-0.05, 0) is 43.0 Å². The van der Waals surface area contributed by atoms with Crippen LogP contribution in [0.3, 0.4) is 0 Å². The zero-order valence-electron chi connectivity index (χ0n) is 11.8. The van der Waals surface area contributed by atoms with E-state index in [9.17, 15) is 0 Å². The molecule has 0 radical (unpaired) electrons. The summed E-state index contributed by atoms with van der Waals surface area (Å²) in [6.07, 6.45) is 3.10. The molecule has 0 saturated carbocycles. The standard InChI is InChI=1S/C17H22N2/c1-14(17-6-4-3-5-7-17)10-11-18-12-16-9-8-15(2)19-13-16/h3-9,13-14,18H,10-12H2,1-2H3. The third kappa shape index (κ3) is 4.49. The molecule has 0 fully saturated rings. The Morgan fingerprint density at radius 3 is 2.58 bits per heavy atom. The van der Waals surface area contributed by atoms with E-state index in [2.05, 4.69) is 59.7 Å². The van der Waals surface area contributed by atoms with Crippen LogP contribution in [-0.2, 0) is 6.54 Å². The SMILES string of the molecule is Cc1ccc(CNCCC(C)c2ccccc2)cn1. The normalized spacial score (nSPS) is 12.3. The van der Waals surface area contributed by atoms with Crippen molar-refractivity contribution in [1.82, 2.24) is 10.3 Å². The maximum atomic E-state index is 4.30. The lowest BCUT2D eigenvalue weighted by Gasteiger charge is -2.12. The van der Waals surface area contributed by atoms with Crippen molar-refractivity contribution < 1.29 is 0 Å². The van der Waals surface area contributed by atoms with Gasteiger partial charge in [0.15, 0.2) is 0 Å². The number of hydrogen-bond acceptors (Lipinski definition) is 2. The number of nitrogens with one attached hydrogen (secondary N) is 1. The molecule has 0 spiro atoms. The lowest BCUT2D eigenvalue weighted by atomic mass is 9.98. The van der Waals surface area contributed by atoms with Gasteiger partial charge in [0.2, 0.25) is 0 Å². The number of aryl methyl sites for hydroxylation is 1. The summed E-state index contributed by atoms with van der Waals surface area (Å²) in [6.45, 7) is 6.22. The number of pyridine rings is 1. The Labute approximate surface area is 115 Å². The highest BCUT2D eigenvalue weighted by Crippen LogP contribution is 2.17.